The van der Waals surface area contributed by atoms with Gasteiger partial charge in [-0.3, -0.25) is 0 Å². The average molecular weight is 194 g/mol. The van der Waals surface area contributed by atoms with Crippen LogP contribution >= 0.6 is 0 Å². The molecule has 0 aliphatic rings. The molecule has 0 aromatic heterocycles. The van der Waals surface area contributed by atoms with Crippen LogP contribution < -0.4 is 0 Å². The van der Waals surface area contributed by atoms with Crippen LogP contribution in [0.2, 0.25) is 0 Å². The Morgan fingerprint density at radius 3 is 2.79 bits per heavy atom. The lowest BCUT2D eigenvalue weighted by Crippen LogP contribution is -1.98. The normalized spacial score (nSPS) is 11.4. The second kappa shape index (κ2) is 4.56. The van der Waals surface area contributed by atoms with Gasteiger partial charge in [0.2, 0.25) is 0 Å². The van der Waals surface area contributed by atoms with E-state index in [4.69, 9.17) is 5.11 Å². The van der Waals surface area contributed by atoms with Gasteiger partial charge in [0.25, 0.3) is 0 Å². The molecule has 0 heterocycles. The Kier molecular flexibility index (Phi) is 3.40. The Labute approximate surface area is 81.7 Å². The monoisotopic (exact) mass is 194 g/mol. The molecule has 0 bridgehead atoms. The first-order valence-electron chi connectivity index (χ1n) is 4.33. The van der Waals surface area contributed by atoms with Crippen LogP contribution in [0.1, 0.15) is 18.9 Å². The summed E-state index contributed by atoms with van der Waals surface area (Å²) in [6, 6.07) is 5.85. The van der Waals surface area contributed by atoms with Gasteiger partial charge in [0.15, 0.2) is 0 Å². The maximum Gasteiger partial charge on any atom is 0.331 e. The molecule has 0 saturated carbocycles. The average Bonchev–Trinajstić information content (AvgIpc) is 2.14. The summed E-state index contributed by atoms with van der Waals surface area (Å²) in [6.07, 6.45) is 1.90. The quantitative estimate of drug-likeness (QED) is 0.751. The first kappa shape index (κ1) is 10.4. The minimum Gasteiger partial charge on any atom is -0.478 e. The van der Waals surface area contributed by atoms with Crippen LogP contribution in [0.15, 0.2) is 29.8 Å². The van der Waals surface area contributed by atoms with E-state index in [1.807, 2.05) is 0 Å². The van der Waals surface area contributed by atoms with E-state index in [0.29, 0.717) is 12.0 Å². The molecule has 1 N–H and O–H groups in total. The van der Waals surface area contributed by atoms with Crippen molar-refractivity contribution in [2.75, 3.05) is 0 Å². The summed E-state index contributed by atoms with van der Waals surface area (Å²) in [6.45, 7) is 1.75. The minimum absolute atomic E-state index is 0.274. The highest BCUT2D eigenvalue weighted by molar-refractivity contribution is 5.91. The van der Waals surface area contributed by atoms with Crippen molar-refractivity contribution in [1.82, 2.24) is 0 Å². The summed E-state index contributed by atoms with van der Waals surface area (Å²) < 4.78 is 12.7. The molecule has 74 valence electrons. The summed E-state index contributed by atoms with van der Waals surface area (Å²) >= 11 is 0. The molecule has 3 heteroatoms. The van der Waals surface area contributed by atoms with Crippen molar-refractivity contribution >= 4 is 12.0 Å². The second-order valence-corrected chi connectivity index (χ2v) is 2.88. The van der Waals surface area contributed by atoms with E-state index >= 15 is 0 Å². The zero-order valence-corrected chi connectivity index (χ0v) is 7.83. The molecular formula is C11H11FO2. The molecule has 0 radical (unpaired) electrons. The van der Waals surface area contributed by atoms with Crippen molar-refractivity contribution in [1.29, 1.82) is 0 Å². The molecule has 1 aromatic rings. The van der Waals surface area contributed by atoms with Crippen molar-refractivity contribution in [3.8, 4) is 0 Å². The van der Waals surface area contributed by atoms with Gasteiger partial charge in [-0.1, -0.05) is 19.1 Å². The van der Waals surface area contributed by atoms with Crippen molar-refractivity contribution in [3.05, 3.63) is 41.2 Å². The number of carboxylic acids is 1. The number of halogens is 1. The highest BCUT2D eigenvalue weighted by Crippen LogP contribution is 2.11. The maximum atomic E-state index is 12.7. The fraction of sp³-hybridized carbons (Fsp3) is 0.182. The number of benzene rings is 1. The van der Waals surface area contributed by atoms with Gasteiger partial charge in [0.05, 0.1) is 0 Å². The molecule has 1 aromatic carbocycles. The topological polar surface area (TPSA) is 37.3 Å². The molecule has 0 unspecified atom stereocenters. The summed E-state index contributed by atoms with van der Waals surface area (Å²) in [7, 11) is 0. The van der Waals surface area contributed by atoms with Gasteiger partial charge < -0.3 is 5.11 Å². The Morgan fingerprint density at radius 2 is 2.29 bits per heavy atom. The van der Waals surface area contributed by atoms with Crippen LogP contribution in [0.5, 0.6) is 0 Å². The summed E-state index contributed by atoms with van der Waals surface area (Å²) in [5.74, 6) is -1.32. The first-order valence-corrected chi connectivity index (χ1v) is 4.33. The van der Waals surface area contributed by atoms with Crippen LogP contribution in [-0.4, -0.2) is 11.1 Å². The number of carboxylic acid groups (broad SMARTS) is 1. The third-order valence-corrected chi connectivity index (χ3v) is 1.85. The molecule has 0 aliphatic carbocycles. The van der Waals surface area contributed by atoms with E-state index in [1.165, 1.54) is 18.2 Å². The molecular weight excluding hydrogens is 183 g/mol. The number of aliphatic carboxylic acids is 1. The molecule has 14 heavy (non-hydrogen) atoms. The van der Waals surface area contributed by atoms with Crippen LogP contribution in [0.25, 0.3) is 6.08 Å². The predicted molar refractivity (Wildman–Crippen MR) is 52.3 cm³/mol. The van der Waals surface area contributed by atoms with E-state index in [-0.39, 0.29) is 11.4 Å². The van der Waals surface area contributed by atoms with Gasteiger partial charge in [-0.2, -0.15) is 0 Å². The van der Waals surface area contributed by atoms with Gasteiger partial charge in [0.1, 0.15) is 5.82 Å². The summed E-state index contributed by atoms with van der Waals surface area (Å²) in [5, 5.41) is 8.74. The minimum atomic E-state index is -0.961. The van der Waals surface area contributed by atoms with Crippen molar-refractivity contribution in [3.63, 3.8) is 0 Å². The Bertz CT molecular complexity index is 369. The molecule has 1 rings (SSSR count). The largest absolute Gasteiger partial charge is 0.478 e. The van der Waals surface area contributed by atoms with E-state index < -0.39 is 5.97 Å². The van der Waals surface area contributed by atoms with E-state index in [9.17, 15) is 9.18 Å². The standard InChI is InChI=1S/C11H11FO2/c1-2-9(11(13)14)6-8-4-3-5-10(12)7-8/h3-7H,2H2,1H3,(H,13,14)/b9-6-. The third kappa shape index (κ3) is 2.69. The van der Waals surface area contributed by atoms with Gasteiger partial charge >= 0.3 is 5.97 Å². The van der Waals surface area contributed by atoms with E-state index in [2.05, 4.69) is 0 Å². The van der Waals surface area contributed by atoms with Crippen LogP contribution in [0.4, 0.5) is 4.39 Å². The van der Waals surface area contributed by atoms with Gasteiger partial charge in [-0.15, -0.1) is 0 Å². The Balaban J connectivity index is 3.00. The van der Waals surface area contributed by atoms with Crippen molar-refractivity contribution in [2.24, 2.45) is 0 Å². The smallest absolute Gasteiger partial charge is 0.331 e. The Morgan fingerprint density at radius 1 is 1.57 bits per heavy atom. The first-order chi connectivity index (χ1) is 6.63. The van der Waals surface area contributed by atoms with E-state index in [1.54, 1.807) is 19.1 Å². The molecule has 0 saturated heterocycles. The molecule has 0 spiro atoms. The SMILES string of the molecule is CC/C(=C/c1cccc(F)c1)C(=O)O. The highest BCUT2D eigenvalue weighted by Gasteiger charge is 2.03. The lowest BCUT2D eigenvalue weighted by molar-refractivity contribution is -0.132. The summed E-state index contributed by atoms with van der Waals surface area (Å²) in [5.41, 5.74) is 0.847. The van der Waals surface area contributed by atoms with Crippen LogP contribution in [0, 0.1) is 5.82 Å². The number of carbonyl (C=O) groups is 1. The highest BCUT2D eigenvalue weighted by atomic mass is 19.1. The molecule has 0 amide bonds. The zero-order chi connectivity index (χ0) is 10.6. The number of hydrogen-bond donors (Lipinski definition) is 1. The van der Waals surface area contributed by atoms with Gasteiger partial charge in [0, 0.05) is 5.57 Å². The third-order valence-electron chi connectivity index (χ3n) is 1.85. The Hall–Kier alpha value is -1.64. The zero-order valence-electron chi connectivity index (χ0n) is 7.83. The van der Waals surface area contributed by atoms with E-state index in [0.717, 1.165) is 0 Å². The lowest BCUT2D eigenvalue weighted by Gasteiger charge is -1.98. The maximum absolute atomic E-state index is 12.7. The fourth-order valence-electron chi connectivity index (χ4n) is 1.11. The second-order valence-electron chi connectivity index (χ2n) is 2.88. The molecule has 0 aliphatic heterocycles. The summed E-state index contributed by atoms with van der Waals surface area (Å²) in [4.78, 5) is 10.7. The molecule has 0 atom stereocenters. The van der Waals surface area contributed by atoms with Crippen molar-refractivity contribution in [2.45, 2.75) is 13.3 Å². The number of rotatable bonds is 3. The lowest BCUT2D eigenvalue weighted by atomic mass is 10.1. The van der Waals surface area contributed by atoms with Crippen molar-refractivity contribution < 1.29 is 14.3 Å². The molecule has 0 fully saturated rings. The predicted octanol–water partition coefficient (Wildman–Crippen LogP) is 2.70. The number of hydrogen-bond acceptors (Lipinski definition) is 1. The fourth-order valence-corrected chi connectivity index (χ4v) is 1.11. The van der Waals surface area contributed by atoms with Crippen LogP contribution in [0.3, 0.4) is 0 Å². The van der Waals surface area contributed by atoms with Gasteiger partial charge in [-0.25, -0.2) is 9.18 Å². The van der Waals surface area contributed by atoms with Gasteiger partial charge in [-0.05, 0) is 30.2 Å². The van der Waals surface area contributed by atoms with Crippen LogP contribution in [-0.2, 0) is 4.79 Å². The molecule has 2 nitrogen and oxygen atoms in total.